The van der Waals surface area contributed by atoms with Crippen molar-refractivity contribution in [3.05, 3.63) is 41.6 Å². The van der Waals surface area contributed by atoms with E-state index >= 15 is 0 Å². The van der Waals surface area contributed by atoms with Gasteiger partial charge in [0.15, 0.2) is 11.3 Å². The van der Waals surface area contributed by atoms with Crippen LogP contribution in [-0.4, -0.2) is 30.3 Å². The fourth-order valence-electron chi connectivity index (χ4n) is 3.56. The number of nitrogens with one attached hydrogen (secondary N) is 1. The Morgan fingerprint density at radius 1 is 1.25 bits per heavy atom. The number of alkyl halides is 2. The van der Waals surface area contributed by atoms with Crippen LogP contribution in [0.15, 0.2) is 24.8 Å². The molecule has 0 radical (unpaired) electrons. The summed E-state index contributed by atoms with van der Waals surface area (Å²) in [5.41, 5.74) is 1.09. The zero-order chi connectivity index (χ0) is 20.0. The number of amides is 1. The van der Waals surface area contributed by atoms with Gasteiger partial charge >= 0.3 is 0 Å². The second-order valence-electron chi connectivity index (χ2n) is 7.75. The van der Waals surface area contributed by atoms with Crippen molar-refractivity contribution in [1.29, 1.82) is 0 Å². The van der Waals surface area contributed by atoms with E-state index in [-0.39, 0.29) is 17.3 Å². The Hall–Kier alpha value is -2.84. The quantitative estimate of drug-likeness (QED) is 0.716. The first kappa shape index (κ1) is 18.5. The fourth-order valence-corrected chi connectivity index (χ4v) is 3.56. The Morgan fingerprint density at radius 3 is 2.68 bits per heavy atom. The van der Waals surface area contributed by atoms with Gasteiger partial charge < -0.3 is 5.32 Å². The van der Waals surface area contributed by atoms with E-state index in [2.05, 4.69) is 34.3 Å². The highest BCUT2D eigenvalue weighted by Crippen LogP contribution is 2.42. The summed E-state index contributed by atoms with van der Waals surface area (Å²) in [5.74, 6) is 0.601. The van der Waals surface area contributed by atoms with Gasteiger partial charge in [-0.25, -0.2) is 18.3 Å². The molecule has 0 atom stereocenters. The van der Waals surface area contributed by atoms with E-state index in [1.165, 1.54) is 16.9 Å². The highest BCUT2D eigenvalue weighted by atomic mass is 19.3. The van der Waals surface area contributed by atoms with Gasteiger partial charge in [0.25, 0.3) is 12.3 Å². The van der Waals surface area contributed by atoms with Gasteiger partial charge in [0, 0.05) is 18.6 Å². The molecule has 4 rings (SSSR count). The van der Waals surface area contributed by atoms with Crippen LogP contribution in [0.3, 0.4) is 0 Å². The molecule has 1 amide bonds. The summed E-state index contributed by atoms with van der Waals surface area (Å²) in [6.45, 7) is 6.18. The second-order valence-corrected chi connectivity index (χ2v) is 7.75. The molecule has 0 aliphatic heterocycles. The predicted octanol–water partition coefficient (Wildman–Crippen LogP) is 4.03. The van der Waals surface area contributed by atoms with Gasteiger partial charge in [0.2, 0.25) is 0 Å². The molecule has 1 N–H and O–H groups in total. The highest BCUT2D eigenvalue weighted by Gasteiger charge is 2.34. The van der Waals surface area contributed by atoms with Gasteiger partial charge in [0.1, 0.15) is 5.56 Å². The fraction of sp³-hybridized carbons (Fsp3) is 0.474. The third-order valence-corrected chi connectivity index (χ3v) is 5.41. The molecule has 9 heteroatoms. The lowest BCUT2D eigenvalue weighted by Gasteiger charge is -2.38. The minimum atomic E-state index is -2.78. The first-order valence-corrected chi connectivity index (χ1v) is 9.32. The third-order valence-electron chi connectivity index (χ3n) is 5.41. The Kier molecular flexibility index (Phi) is 4.60. The van der Waals surface area contributed by atoms with Crippen LogP contribution in [0.25, 0.3) is 5.65 Å². The summed E-state index contributed by atoms with van der Waals surface area (Å²) in [7, 11) is 0. The number of fused-ring (bicyclic) bond motifs is 1. The minimum absolute atomic E-state index is 0.0273. The largest absolute Gasteiger partial charge is 0.319 e. The third kappa shape index (κ3) is 3.25. The van der Waals surface area contributed by atoms with E-state index in [0.717, 1.165) is 18.4 Å². The zero-order valence-electron chi connectivity index (χ0n) is 15.9. The van der Waals surface area contributed by atoms with Crippen LogP contribution in [0.4, 0.5) is 14.5 Å². The van der Waals surface area contributed by atoms with Gasteiger partial charge in [-0.15, -0.1) is 0 Å². The molecule has 0 spiro atoms. The molecule has 1 fully saturated rings. The molecule has 3 heterocycles. The number of hydrogen-bond acceptors (Lipinski definition) is 4. The number of rotatable bonds is 5. The van der Waals surface area contributed by atoms with Crippen LogP contribution in [0, 0.1) is 18.8 Å². The molecule has 3 aromatic heterocycles. The summed E-state index contributed by atoms with van der Waals surface area (Å²) in [4.78, 5) is 16.9. The maximum absolute atomic E-state index is 13.5. The van der Waals surface area contributed by atoms with Gasteiger partial charge in [0.05, 0.1) is 17.9 Å². The summed E-state index contributed by atoms with van der Waals surface area (Å²) in [5, 5.41) is 10.7. The van der Waals surface area contributed by atoms with Crippen molar-refractivity contribution < 1.29 is 13.6 Å². The van der Waals surface area contributed by atoms with Crippen molar-refractivity contribution in [2.45, 2.75) is 46.1 Å². The number of carbonyl (C=O) groups is 1. The van der Waals surface area contributed by atoms with E-state index in [1.54, 1.807) is 17.1 Å². The summed E-state index contributed by atoms with van der Waals surface area (Å²) in [6, 6.07) is 0.0946. The van der Waals surface area contributed by atoms with E-state index in [1.807, 2.05) is 6.92 Å². The topological polar surface area (TPSA) is 77.1 Å². The maximum Gasteiger partial charge on any atom is 0.284 e. The van der Waals surface area contributed by atoms with Crippen LogP contribution in [-0.2, 0) is 0 Å². The Morgan fingerprint density at radius 2 is 2.00 bits per heavy atom. The molecule has 0 unspecified atom stereocenters. The molecule has 0 saturated heterocycles. The summed E-state index contributed by atoms with van der Waals surface area (Å²) in [6.07, 6.45) is 5.29. The molecule has 1 aliphatic rings. The lowest BCUT2D eigenvalue weighted by Crippen LogP contribution is -2.30. The van der Waals surface area contributed by atoms with Crippen LogP contribution in [0.2, 0.25) is 0 Å². The van der Waals surface area contributed by atoms with Crippen molar-refractivity contribution in [3.63, 3.8) is 0 Å². The Bertz CT molecular complexity index is 1020. The Labute approximate surface area is 160 Å². The maximum atomic E-state index is 13.5. The smallest absolute Gasteiger partial charge is 0.284 e. The molecule has 1 aliphatic carbocycles. The Balaban J connectivity index is 1.57. The van der Waals surface area contributed by atoms with Gasteiger partial charge in [-0.05, 0) is 37.2 Å². The van der Waals surface area contributed by atoms with Gasteiger partial charge in [-0.3, -0.25) is 9.48 Å². The standard InChI is InChI=1S/C19H22F2N6O/c1-10(2)12-4-13(5-12)26-9-15(16(25-26)17(20)21)24-19(28)14-7-23-27-8-11(3)6-22-18(14)27/h6-10,12-13,17H,4-5H2,1-3H3,(H,24,28). The molecular formula is C19H22F2N6O. The minimum Gasteiger partial charge on any atom is -0.319 e. The van der Waals surface area contributed by atoms with Crippen molar-refractivity contribution >= 4 is 17.2 Å². The van der Waals surface area contributed by atoms with E-state index in [4.69, 9.17) is 0 Å². The molecule has 7 nitrogen and oxygen atoms in total. The highest BCUT2D eigenvalue weighted by molar-refractivity contribution is 6.08. The van der Waals surface area contributed by atoms with Crippen LogP contribution < -0.4 is 5.32 Å². The van der Waals surface area contributed by atoms with Crippen LogP contribution >= 0.6 is 0 Å². The van der Waals surface area contributed by atoms with Crippen molar-refractivity contribution in [1.82, 2.24) is 24.4 Å². The normalized spacial score (nSPS) is 19.4. The van der Waals surface area contributed by atoms with E-state index in [9.17, 15) is 13.6 Å². The SMILES string of the molecule is Cc1cnc2c(C(=O)Nc3cn(C4CC(C(C)C)C4)nc3C(F)F)cnn2c1. The second kappa shape index (κ2) is 6.96. The monoisotopic (exact) mass is 388 g/mol. The van der Waals surface area contributed by atoms with Gasteiger partial charge in [-0.1, -0.05) is 13.8 Å². The molecule has 148 valence electrons. The molecule has 0 aromatic carbocycles. The molecule has 28 heavy (non-hydrogen) atoms. The molecule has 1 saturated carbocycles. The first-order chi connectivity index (χ1) is 13.3. The zero-order valence-corrected chi connectivity index (χ0v) is 15.9. The lowest BCUT2D eigenvalue weighted by molar-refractivity contribution is 0.102. The average molecular weight is 388 g/mol. The van der Waals surface area contributed by atoms with Crippen molar-refractivity contribution in [2.75, 3.05) is 5.32 Å². The summed E-state index contributed by atoms with van der Waals surface area (Å²) >= 11 is 0. The van der Waals surface area contributed by atoms with Gasteiger partial charge in [-0.2, -0.15) is 10.2 Å². The number of anilines is 1. The molecule has 0 bridgehead atoms. The summed E-state index contributed by atoms with van der Waals surface area (Å²) < 4.78 is 30.0. The van der Waals surface area contributed by atoms with Crippen LogP contribution in [0.1, 0.15) is 60.8 Å². The first-order valence-electron chi connectivity index (χ1n) is 9.32. The number of halogens is 2. The molecular weight excluding hydrogens is 366 g/mol. The van der Waals surface area contributed by atoms with Crippen molar-refractivity contribution in [3.8, 4) is 0 Å². The number of aryl methyl sites for hydroxylation is 1. The number of nitrogens with zero attached hydrogens (tertiary/aromatic N) is 5. The number of carbonyl (C=O) groups excluding carboxylic acids is 1. The number of hydrogen-bond donors (Lipinski definition) is 1. The molecule has 3 aromatic rings. The number of aromatic nitrogens is 5. The van der Waals surface area contributed by atoms with Crippen molar-refractivity contribution in [2.24, 2.45) is 11.8 Å². The predicted molar refractivity (Wildman–Crippen MR) is 99.5 cm³/mol. The van der Waals surface area contributed by atoms with Crippen LogP contribution in [0.5, 0.6) is 0 Å². The lowest BCUT2D eigenvalue weighted by atomic mass is 9.74. The average Bonchev–Trinajstić information content (AvgIpc) is 3.17. The van der Waals surface area contributed by atoms with E-state index < -0.39 is 18.0 Å². The van der Waals surface area contributed by atoms with E-state index in [0.29, 0.717) is 17.5 Å².